The van der Waals surface area contributed by atoms with Gasteiger partial charge in [-0.2, -0.15) is 0 Å². The van der Waals surface area contributed by atoms with E-state index in [-0.39, 0.29) is 16.7 Å². The number of rotatable bonds is 4. The smallest absolute Gasteiger partial charge is 0.251 e. The van der Waals surface area contributed by atoms with E-state index in [0.29, 0.717) is 5.41 Å². The number of hydrogen-bond acceptors (Lipinski definition) is 1. The maximum absolute atomic E-state index is 14.3. The fourth-order valence-corrected chi connectivity index (χ4v) is 15.5. The molecule has 12 aliphatic carbocycles. The molecule has 1 amide bonds. The summed E-state index contributed by atoms with van der Waals surface area (Å²) in [7, 11) is 1.92. The normalized spacial score (nSPS) is 52.5. The van der Waals surface area contributed by atoms with Gasteiger partial charge < -0.3 is 5.32 Å². The van der Waals surface area contributed by atoms with Crippen LogP contribution >= 0.6 is 0 Å². The van der Waals surface area contributed by atoms with Gasteiger partial charge in [0.15, 0.2) is 0 Å². The van der Waals surface area contributed by atoms with Crippen LogP contribution in [0.2, 0.25) is 0 Å². The molecule has 12 fully saturated rings. The molecule has 0 aliphatic heterocycles. The molecule has 0 saturated heterocycles. The highest BCUT2D eigenvalue weighted by atomic mass is 16.1. The summed E-state index contributed by atoms with van der Waals surface area (Å²) in [5.74, 6) is 8.64. The van der Waals surface area contributed by atoms with Crippen LogP contribution in [-0.2, 0) is 16.2 Å². The van der Waals surface area contributed by atoms with Crippen LogP contribution in [0.3, 0.4) is 0 Å². The highest BCUT2D eigenvalue weighted by molar-refractivity contribution is 5.98. The molecule has 0 aromatic heterocycles. The third-order valence-electron chi connectivity index (χ3n) is 15.5. The minimum absolute atomic E-state index is 0.258. The molecule has 0 atom stereocenters. The SMILES string of the molecule is CNC(=O)c1c(C23CC4CC(CC(C4)C2)C3)cc(C23CC4CC(CC(C4)C2)C3)cc1C12CC3CC(CC(C3)C1)C2. The molecule has 0 unspecified atom stereocenters. The summed E-state index contributed by atoms with van der Waals surface area (Å²) in [4.78, 5) is 14.3. The lowest BCUT2D eigenvalue weighted by atomic mass is 9.44. The first-order valence-corrected chi connectivity index (χ1v) is 17.8. The van der Waals surface area contributed by atoms with E-state index in [1.165, 1.54) is 121 Å². The van der Waals surface area contributed by atoms with Crippen LogP contribution < -0.4 is 5.32 Å². The van der Waals surface area contributed by atoms with Gasteiger partial charge in [-0.3, -0.25) is 4.79 Å². The molecule has 0 spiro atoms. The maximum atomic E-state index is 14.3. The lowest BCUT2D eigenvalue weighted by Crippen LogP contribution is -2.52. The van der Waals surface area contributed by atoms with Gasteiger partial charge in [-0.25, -0.2) is 0 Å². The van der Waals surface area contributed by atoms with Gasteiger partial charge in [0, 0.05) is 12.6 Å². The Kier molecular flexibility index (Phi) is 4.83. The van der Waals surface area contributed by atoms with E-state index in [2.05, 4.69) is 17.4 Å². The summed E-state index contributed by atoms with van der Waals surface area (Å²) < 4.78 is 0. The standard InChI is InChI=1S/C38H51NO/c1-39-35(40)34-32(37-16-25-5-26(17-37)7-27(6-25)18-37)11-31(36-13-22-2-23(14-36)4-24(3-22)15-36)12-33(34)38-19-28-8-29(20-38)10-30(9-28)21-38/h11-12,22-30H,2-10,13-21H2,1H3,(H,39,40). The largest absolute Gasteiger partial charge is 0.355 e. The van der Waals surface area contributed by atoms with Crippen molar-refractivity contribution in [2.45, 2.75) is 132 Å². The monoisotopic (exact) mass is 537 g/mol. The summed E-state index contributed by atoms with van der Waals surface area (Å²) in [5, 5.41) is 3.24. The van der Waals surface area contributed by atoms with Crippen molar-refractivity contribution >= 4 is 5.91 Å². The summed E-state index contributed by atoms with van der Waals surface area (Å²) in [6.45, 7) is 0. The van der Waals surface area contributed by atoms with Crippen molar-refractivity contribution in [1.29, 1.82) is 0 Å². The Labute approximate surface area is 242 Å². The van der Waals surface area contributed by atoms with E-state index in [1.807, 2.05) is 7.05 Å². The zero-order valence-corrected chi connectivity index (χ0v) is 25.0. The van der Waals surface area contributed by atoms with E-state index in [9.17, 15) is 4.79 Å². The van der Waals surface area contributed by atoms with Crippen LogP contribution in [-0.4, -0.2) is 13.0 Å². The van der Waals surface area contributed by atoms with Gasteiger partial charge in [-0.1, -0.05) is 12.1 Å². The second-order valence-electron chi connectivity index (χ2n) is 18.1. The van der Waals surface area contributed by atoms with Crippen LogP contribution in [0, 0.1) is 53.3 Å². The summed E-state index contributed by atoms with van der Waals surface area (Å²) in [6.07, 6.45) is 25.9. The molecule has 1 aromatic rings. The lowest BCUT2D eigenvalue weighted by Gasteiger charge is -2.60. The maximum Gasteiger partial charge on any atom is 0.251 e. The van der Waals surface area contributed by atoms with Crippen molar-refractivity contribution in [2.24, 2.45) is 53.3 Å². The Morgan fingerprint density at radius 3 is 1.07 bits per heavy atom. The molecule has 12 aliphatic rings. The van der Waals surface area contributed by atoms with E-state index in [4.69, 9.17) is 0 Å². The molecule has 13 rings (SSSR count). The van der Waals surface area contributed by atoms with Gasteiger partial charge in [-0.05, 0) is 202 Å². The Bertz CT molecular complexity index is 1100. The van der Waals surface area contributed by atoms with Crippen molar-refractivity contribution in [2.75, 3.05) is 7.05 Å². The molecule has 2 heteroatoms. The van der Waals surface area contributed by atoms with E-state index >= 15 is 0 Å². The molecule has 0 radical (unpaired) electrons. The van der Waals surface area contributed by atoms with Gasteiger partial charge in [0.05, 0.1) is 0 Å². The molecular weight excluding hydrogens is 486 g/mol. The van der Waals surface area contributed by atoms with Gasteiger partial charge in [-0.15, -0.1) is 0 Å². The van der Waals surface area contributed by atoms with Crippen LogP contribution in [0.15, 0.2) is 12.1 Å². The lowest BCUT2D eigenvalue weighted by molar-refractivity contribution is -0.0121. The van der Waals surface area contributed by atoms with Crippen molar-refractivity contribution in [3.63, 3.8) is 0 Å². The summed E-state index contributed by atoms with van der Waals surface area (Å²) in [5.41, 5.74) is 7.03. The van der Waals surface area contributed by atoms with E-state index < -0.39 is 0 Å². The fraction of sp³-hybridized carbons (Fsp3) is 0.816. The summed E-state index contributed by atoms with van der Waals surface area (Å²) >= 11 is 0. The predicted molar refractivity (Wildman–Crippen MR) is 159 cm³/mol. The zero-order valence-electron chi connectivity index (χ0n) is 25.0. The van der Waals surface area contributed by atoms with Crippen LogP contribution in [0.4, 0.5) is 0 Å². The highest BCUT2D eigenvalue weighted by Crippen LogP contribution is 2.66. The molecule has 2 nitrogen and oxygen atoms in total. The minimum atomic E-state index is 0.258. The molecule has 12 saturated carbocycles. The van der Waals surface area contributed by atoms with Gasteiger partial charge in [0.1, 0.15) is 0 Å². The second kappa shape index (κ2) is 7.99. The first-order valence-electron chi connectivity index (χ1n) is 17.8. The number of nitrogens with one attached hydrogen (secondary N) is 1. The van der Waals surface area contributed by atoms with Crippen molar-refractivity contribution in [3.8, 4) is 0 Å². The van der Waals surface area contributed by atoms with Crippen LogP contribution in [0.25, 0.3) is 0 Å². The zero-order chi connectivity index (χ0) is 26.4. The third kappa shape index (κ3) is 3.26. The van der Waals surface area contributed by atoms with Gasteiger partial charge in [0.25, 0.3) is 5.91 Å². The number of benzene rings is 1. The minimum Gasteiger partial charge on any atom is -0.355 e. The second-order valence-corrected chi connectivity index (χ2v) is 18.1. The number of amides is 1. The first-order chi connectivity index (χ1) is 19.4. The molecule has 40 heavy (non-hydrogen) atoms. The Morgan fingerprint density at radius 1 is 0.525 bits per heavy atom. The fourth-order valence-electron chi connectivity index (χ4n) is 15.5. The van der Waals surface area contributed by atoms with Crippen molar-refractivity contribution < 1.29 is 4.79 Å². The van der Waals surface area contributed by atoms with Gasteiger partial charge in [0.2, 0.25) is 0 Å². The van der Waals surface area contributed by atoms with Gasteiger partial charge >= 0.3 is 0 Å². The number of carbonyl (C=O) groups excluding carboxylic acids is 1. The Balaban J connectivity index is 1.21. The molecular formula is C38H51NO. The molecule has 12 bridgehead atoms. The summed E-state index contributed by atoms with van der Waals surface area (Å²) in [6, 6.07) is 5.52. The number of carbonyl (C=O) groups is 1. The Hall–Kier alpha value is -1.31. The quantitative estimate of drug-likeness (QED) is 0.410. The molecule has 1 aromatic carbocycles. The molecule has 1 N–H and O–H groups in total. The molecule has 0 heterocycles. The highest BCUT2D eigenvalue weighted by Gasteiger charge is 2.58. The van der Waals surface area contributed by atoms with Crippen LogP contribution in [0.5, 0.6) is 0 Å². The van der Waals surface area contributed by atoms with Crippen molar-refractivity contribution in [1.82, 2.24) is 5.32 Å². The average molecular weight is 538 g/mol. The topological polar surface area (TPSA) is 29.1 Å². The average Bonchev–Trinajstić information content (AvgIpc) is 2.90. The first kappa shape index (κ1) is 24.2. The Morgan fingerprint density at radius 2 is 0.800 bits per heavy atom. The van der Waals surface area contributed by atoms with Crippen molar-refractivity contribution in [3.05, 3.63) is 34.4 Å². The predicted octanol–water partition coefficient (Wildman–Crippen LogP) is 8.45. The van der Waals surface area contributed by atoms with E-state index in [0.717, 1.165) is 53.3 Å². The van der Waals surface area contributed by atoms with Crippen LogP contribution in [0.1, 0.15) is 143 Å². The van der Waals surface area contributed by atoms with E-state index in [1.54, 1.807) is 16.7 Å². The number of hydrogen-bond donors (Lipinski definition) is 1. The molecule has 214 valence electrons. The third-order valence-corrected chi connectivity index (χ3v) is 15.5.